The molecule has 27 heteroatoms. The molecule has 12 aromatic carbocycles. The zero-order valence-electron chi connectivity index (χ0n) is 82.9. The van der Waals surface area contributed by atoms with Gasteiger partial charge in [-0.05, 0) is 370 Å². The van der Waals surface area contributed by atoms with Crippen LogP contribution in [0.1, 0.15) is 161 Å². The van der Waals surface area contributed by atoms with Crippen LogP contribution in [0.2, 0.25) is 0 Å². The molecule has 0 radical (unpaired) electrons. The third-order valence-electron chi connectivity index (χ3n) is 21.7. The molecular weight excluding hydrogens is 1890 g/mol. The number of thiol groups is 1. The van der Waals surface area contributed by atoms with E-state index in [0.717, 1.165) is 189 Å². The average molecular weight is 2020 g/mol. The van der Waals surface area contributed by atoms with E-state index in [2.05, 4.69) is 76.7 Å². The number of carbonyl (C=O) groups excluding carboxylic acids is 6. The van der Waals surface area contributed by atoms with Crippen molar-refractivity contribution in [1.82, 2.24) is 0 Å². The fourth-order valence-electron chi connectivity index (χ4n) is 14.3. The van der Waals surface area contributed by atoms with Crippen molar-refractivity contribution in [3.8, 4) is 74.7 Å². The number of aryl methyl sites for hydroxylation is 14. The first-order valence-electron chi connectivity index (χ1n) is 45.0. The van der Waals surface area contributed by atoms with Crippen LogP contribution in [0.4, 0.5) is 28.8 Å². The Bertz CT molecular complexity index is 5840. The number of hydrogen-bond donors (Lipinski definition) is 2. The van der Waals surface area contributed by atoms with Crippen molar-refractivity contribution in [2.75, 3.05) is 44.1 Å². The van der Waals surface area contributed by atoms with E-state index in [4.69, 9.17) is 61.6 Å². The summed E-state index contributed by atoms with van der Waals surface area (Å²) < 4.78 is 73.7. The molecule has 0 saturated heterocycles. The first-order valence-corrected chi connectivity index (χ1v) is 53.0. The number of benzene rings is 12. The van der Waals surface area contributed by atoms with Crippen LogP contribution in [0.5, 0.6) is 74.7 Å². The second-order valence-electron chi connectivity index (χ2n) is 32.3. The third-order valence-corrected chi connectivity index (χ3v) is 24.6. The standard InChI is InChI=1S/C20H22O3S.C19H22O4S.C19H22O3S.C18H20O4S.C18H20O3S2.C18H20O3S/c1-13-7-10-18(14(2)11-13)22-12-17-16(15-8-9-15)5-4-6-19(17)23-20(21)24-3;1-5-21-17-7-6-8-18(23-19(20)24-4)15(17)12-22-16-10-9-13(2)11-14(16)3;1-5-15-7-6-8-18(22-19(20)23-4)16(15)12-21-17-10-9-13(2)11-14(17)3;1-12-7-8-16(13(2)9-12)21-11-15-14(10-19)5-4-6-17(15)22-18(20)23-3;1-12-7-8-16(13(2)9-12)20-10-15-14(11-22)5-4-6-17(15)21-18(19)23-3;1-12-8-9-16(14(3)10-12)20-11-15-13(2)6-5-7-17(15)21-18(19)22-4/h4-7,10-11,15H,8-9,12H2,1-3H3;6-11H,5,12H2,1-4H3;6-11H,5,12H2,1-4H3;4-9,19H,10-11H2,1-3H3;4-9,22H,10-11H2,1-3H3;5-10H,11H2,1-4H3. The molecule has 12 aromatic rings. The van der Waals surface area contributed by atoms with Gasteiger partial charge in [0.05, 0.1) is 18.8 Å². The molecule has 1 aliphatic rings. The maximum Gasteiger partial charge on any atom is 0.372 e. The predicted molar refractivity (Wildman–Crippen MR) is 573 cm³/mol. The Hall–Kier alpha value is -11.5. The minimum Gasteiger partial charge on any atom is -0.493 e. The highest BCUT2D eigenvalue weighted by atomic mass is 32.2. The van der Waals surface area contributed by atoms with E-state index in [1.54, 1.807) is 80.0 Å². The van der Waals surface area contributed by atoms with Gasteiger partial charge in [-0.1, -0.05) is 180 Å². The molecule has 0 aromatic heterocycles. The molecule has 0 amide bonds. The summed E-state index contributed by atoms with van der Waals surface area (Å²) in [6.07, 6.45) is 13.4. The minimum atomic E-state index is -0.396. The molecule has 13 rings (SSSR count). The molecule has 0 atom stereocenters. The molecule has 0 aliphatic heterocycles. The lowest BCUT2D eigenvalue weighted by Gasteiger charge is -2.16. The van der Waals surface area contributed by atoms with Crippen molar-refractivity contribution in [2.45, 2.75) is 181 Å². The second kappa shape index (κ2) is 58.5. The normalized spacial score (nSPS) is 11.0. The van der Waals surface area contributed by atoms with Gasteiger partial charge < -0.3 is 66.7 Å². The molecule has 736 valence electrons. The molecular formula is C112H126O20S7. The monoisotopic (exact) mass is 2010 g/mol. The molecule has 1 aliphatic carbocycles. The molecule has 20 nitrogen and oxygen atoms in total. The summed E-state index contributed by atoms with van der Waals surface area (Å²) in [5.74, 6) is 9.90. The topological polar surface area (TPSA) is 243 Å². The molecule has 0 bridgehead atoms. The fraction of sp³-hybridized carbons (Fsp3) is 0.304. The lowest BCUT2D eigenvalue weighted by atomic mass is 10.0. The van der Waals surface area contributed by atoms with Gasteiger partial charge in [-0.25, -0.2) is 28.8 Å². The summed E-state index contributed by atoms with van der Waals surface area (Å²) in [5, 5.41) is 7.49. The van der Waals surface area contributed by atoms with Crippen LogP contribution in [0.3, 0.4) is 0 Å². The lowest BCUT2D eigenvalue weighted by molar-refractivity contribution is 0.223. The fourth-order valence-corrected chi connectivity index (χ4v) is 15.7. The van der Waals surface area contributed by atoms with Gasteiger partial charge >= 0.3 is 31.8 Å². The Morgan fingerprint density at radius 3 is 0.813 bits per heavy atom. The average Bonchev–Trinajstić information content (AvgIpc) is 1.67. The quantitative estimate of drug-likeness (QED) is 0.0314. The van der Waals surface area contributed by atoms with E-state index in [-0.39, 0.29) is 46.3 Å². The van der Waals surface area contributed by atoms with Crippen molar-refractivity contribution in [2.24, 2.45) is 0 Å². The van der Waals surface area contributed by atoms with Crippen LogP contribution in [0.15, 0.2) is 218 Å². The van der Waals surface area contributed by atoms with Gasteiger partial charge in [0.15, 0.2) is 0 Å². The van der Waals surface area contributed by atoms with Gasteiger partial charge in [-0.15, -0.1) is 0 Å². The number of aliphatic hydroxyl groups is 1. The third kappa shape index (κ3) is 36.3. The first-order chi connectivity index (χ1) is 66.8. The summed E-state index contributed by atoms with van der Waals surface area (Å²) in [6.45, 7) is 32.7. The number of ether oxygens (including phenoxy) is 13. The van der Waals surface area contributed by atoms with Crippen LogP contribution in [-0.4, -0.2) is 81.1 Å². The molecule has 0 unspecified atom stereocenters. The van der Waals surface area contributed by atoms with Crippen molar-refractivity contribution in [1.29, 1.82) is 0 Å². The maximum atomic E-state index is 11.7. The first kappa shape index (κ1) is 113. The Labute approximate surface area is 850 Å². The highest BCUT2D eigenvalue weighted by Gasteiger charge is 2.29. The minimum absolute atomic E-state index is 0.143. The summed E-state index contributed by atoms with van der Waals surface area (Å²) >= 11 is 10.6. The number of aliphatic hydroxyl groups excluding tert-OH is 1. The van der Waals surface area contributed by atoms with Crippen LogP contribution >= 0.6 is 83.2 Å². The molecule has 0 heterocycles. The van der Waals surface area contributed by atoms with Crippen molar-refractivity contribution < 1.29 is 95.5 Å². The van der Waals surface area contributed by atoms with E-state index in [1.165, 1.54) is 51.8 Å². The zero-order chi connectivity index (χ0) is 101. The van der Waals surface area contributed by atoms with Crippen LogP contribution in [0.25, 0.3) is 0 Å². The van der Waals surface area contributed by atoms with Crippen molar-refractivity contribution in [3.63, 3.8) is 0 Å². The van der Waals surface area contributed by atoms with E-state index >= 15 is 0 Å². The summed E-state index contributed by atoms with van der Waals surface area (Å²) in [6, 6.07) is 69.9. The van der Waals surface area contributed by atoms with Gasteiger partial charge in [-0.3, -0.25) is 0 Å². The molecule has 1 fully saturated rings. The van der Waals surface area contributed by atoms with Gasteiger partial charge in [0.25, 0.3) is 0 Å². The maximum absolute atomic E-state index is 11.7. The van der Waals surface area contributed by atoms with Crippen molar-refractivity contribution in [3.05, 3.63) is 346 Å². The van der Waals surface area contributed by atoms with E-state index in [1.807, 2.05) is 216 Å². The van der Waals surface area contributed by atoms with Crippen LogP contribution in [-0.2, 0) is 58.4 Å². The zero-order valence-corrected chi connectivity index (χ0v) is 88.7. The van der Waals surface area contributed by atoms with Gasteiger partial charge in [0, 0.05) is 33.6 Å². The summed E-state index contributed by atoms with van der Waals surface area (Å²) in [4.78, 5) is 69.5. The molecule has 0 spiro atoms. The number of hydrogen-bond acceptors (Lipinski definition) is 27. The number of rotatable bonds is 30. The Kier molecular flexibility index (Phi) is 47.5. The predicted octanol–water partition coefficient (Wildman–Crippen LogP) is 30.5. The lowest BCUT2D eigenvalue weighted by Crippen LogP contribution is -2.08. The Morgan fingerprint density at radius 1 is 0.273 bits per heavy atom. The Balaban J connectivity index is 0.000000205. The molecule has 1 saturated carbocycles. The highest BCUT2D eigenvalue weighted by Crippen LogP contribution is 2.45. The SMILES string of the molecule is CCOc1cccc(OC(=O)SC)c1COc1ccc(C)cc1C.CCc1cccc(OC(=O)SC)c1COc1ccc(C)cc1C.CSC(=O)Oc1cccc(C)c1COc1ccc(C)cc1C.CSC(=O)Oc1cccc(C2CC2)c1COc1ccc(C)cc1C.CSC(=O)Oc1cccc(CO)c1COc1ccc(C)cc1C.CSC(=O)Oc1cccc(CS)c1COc1ccc(C)cc1C. The number of carbonyl (C=O) groups is 6. The molecule has 139 heavy (non-hydrogen) atoms. The Morgan fingerprint density at radius 2 is 0.518 bits per heavy atom. The van der Waals surface area contributed by atoms with E-state index < -0.39 is 5.30 Å². The highest BCUT2D eigenvalue weighted by molar-refractivity contribution is 8.13. The van der Waals surface area contributed by atoms with Crippen molar-refractivity contribution >= 4 is 115 Å². The van der Waals surface area contributed by atoms with Crippen LogP contribution in [0, 0.1) is 90.0 Å². The number of thioether (sulfide) groups is 6. The van der Waals surface area contributed by atoms with E-state index in [9.17, 15) is 33.9 Å². The smallest absolute Gasteiger partial charge is 0.372 e. The van der Waals surface area contributed by atoms with Gasteiger partial charge in [0.1, 0.15) is 114 Å². The van der Waals surface area contributed by atoms with Crippen LogP contribution < -0.4 is 61.6 Å². The van der Waals surface area contributed by atoms with Gasteiger partial charge in [0.2, 0.25) is 0 Å². The summed E-state index contributed by atoms with van der Waals surface area (Å²) in [7, 11) is 0. The molecule has 1 N–H and O–H groups in total. The second-order valence-corrected chi connectivity index (χ2v) is 37.1. The van der Waals surface area contributed by atoms with Gasteiger partial charge in [-0.2, -0.15) is 12.6 Å². The van der Waals surface area contributed by atoms with E-state index in [0.29, 0.717) is 96.1 Å². The summed E-state index contributed by atoms with van der Waals surface area (Å²) in [5.41, 5.74) is 23.8. The largest absolute Gasteiger partial charge is 0.493 e.